The Bertz CT molecular complexity index is 353. The lowest BCUT2D eigenvalue weighted by atomic mass is 9.92. The van der Waals surface area contributed by atoms with Crippen molar-refractivity contribution in [2.45, 2.75) is 27.2 Å². The fourth-order valence-electron chi connectivity index (χ4n) is 1.11. The van der Waals surface area contributed by atoms with E-state index in [1.54, 1.807) is 12.4 Å². The predicted molar refractivity (Wildman–Crippen MR) is 70.5 cm³/mol. The van der Waals surface area contributed by atoms with Crippen LogP contribution in [0.4, 0.5) is 5.82 Å². The molecule has 0 aliphatic heterocycles. The number of rotatable bonds is 4. The number of hydrogen-bond acceptors (Lipinski definition) is 4. The molecular weight excluding hydrogens is 220 g/mol. The number of nitrogens with zero attached hydrogens (tertiary/aromatic N) is 2. The van der Waals surface area contributed by atoms with Gasteiger partial charge in [0.25, 0.3) is 0 Å². The van der Waals surface area contributed by atoms with Crippen LogP contribution < -0.4 is 11.1 Å². The average Bonchev–Trinajstić information content (AvgIpc) is 2.16. The molecule has 0 unspecified atom stereocenters. The third kappa shape index (κ3) is 4.53. The molecule has 1 aromatic heterocycles. The summed E-state index contributed by atoms with van der Waals surface area (Å²) in [5.74, 6) is 0.754. The van der Waals surface area contributed by atoms with Gasteiger partial charge in [-0.05, 0) is 11.8 Å². The van der Waals surface area contributed by atoms with E-state index >= 15 is 0 Å². The second-order valence-electron chi connectivity index (χ2n) is 4.89. The van der Waals surface area contributed by atoms with Crippen molar-refractivity contribution in [3.63, 3.8) is 0 Å². The first kappa shape index (κ1) is 12.8. The zero-order valence-corrected chi connectivity index (χ0v) is 10.8. The van der Waals surface area contributed by atoms with E-state index < -0.39 is 0 Å². The van der Waals surface area contributed by atoms with Crippen LogP contribution in [0.3, 0.4) is 0 Å². The maximum Gasteiger partial charge on any atom is 0.144 e. The fraction of sp³-hybridized carbons (Fsp3) is 0.545. The Hall–Kier alpha value is -1.23. The van der Waals surface area contributed by atoms with Crippen molar-refractivity contribution in [2.24, 2.45) is 11.1 Å². The van der Waals surface area contributed by atoms with E-state index in [1.165, 1.54) is 0 Å². The predicted octanol–water partition coefficient (Wildman–Crippen LogP) is 1.96. The third-order valence-corrected chi connectivity index (χ3v) is 2.29. The van der Waals surface area contributed by atoms with Crippen LogP contribution in [-0.2, 0) is 0 Å². The van der Waals surface area contributed by atoms with Crippen LogP contribution in [0.1, 0.15) is 32.9 Å². The highest BCUT2D eigenvalue weighted by Gasteiger charge is 2.09. The number of thiocarbonyl (C=S) groups is 1. The van der Waals surface area contributed by atoms with Crippen LogP contribution in [0.2, 0.25) is 0 Å². The molecule has 0 radical (unpaired) electrons. The molecule has 0 spiro atoms. The molecule has 0 aromatic carbocycles. The van der Waals surface area contributed by atoms with Crippen LogP contribution in [-0.4, -0.2) is 21.5 Å². The van der Waals surface area contributed by atoms with Crippen LogP contribution in [0.5, 0.6) is 0 Å². The van der Waals surface area contributed by atoms with Crippen LogP contribution in [0.25, 0.3) is 0 Å². The molecule has 0 saturated carbocycles. The summed E-state index contributed by atoms with van der Waals surface area (Å²) in [7, 11) is 0. The molecule has 1 aromatic rings. The molecule has 0 saturated heterocycles. The maximum absolute atomic E-state index is 5.43. The van der Waals surface area contributed by atoms with E-state index in [0.717, 1.165) is 18.8 Å². The number of hydrogen-bond donors (Lipinski definition) is 2. The molecule has 5 heteroatoms. The summed E-state index contributed by atoms with van der Waals surface area (Å²) in [6.45, 7) is 7.49. The van der Waals surface area contributed by atoms with E-state index in [9.17, 15) is 0 Å². The van der Waals surface area contributed by atoms with Gasteiger partial charge in [-0.3, -0.25) is 0 Å². The third-order valence-electron chi connectivity index (χ3n) is 2.09. The molecule has 0 atom stereocenters. The molecule has 1 heterocycles. The highest BCUT2D eigenvalue weighted by Crippen LogP contribution is 2.17. The van der Waals surface area contributed by atoms with Crippen LogP contribution in [0.15, 0.2) is 12.4 Å². The van der Waals surface area contributed by atoms with Crippen molar-refractivity contribution in [2.75, 3.05) is 11.9 Å². The Morgan fingerprint density at radius 3 is 2.50 bits per heavy atom. The van der Waals surface area contributed by atoms with E-state index in [4.69, 9.17) is 18.0 Å². The Kier molecular flexibility index (Phi) is 4.18. The minimum Gasteiger partial charge on any atom is -0.388 e. The van der Waals surface area contributed by atoms with Crippen molar-refractivity contribution in [1.82, 2.24) is 9.97 Å². The molecule has 0 aliphatic rings. The molecule has 0 amide bonds. The summed E-state index contributed by atoms with van der Waals surface area (Å²) in [4.78, 5) is 8.55. The molecule has 0 aliphatic carbocycles. The first-order chi connectivity index (χ1) is 7.38. The largest absolute Gasteiger partial charge is 0.388 e. The Labute approximate surface area is 102 Å². The second kappa shape index (κ2) is 5.21. The van der Waals surface area contributed by atoms with E-state index in [1.807, 2.05) is 0 Å². The zero-order valence-electron chi connectivity index (χ0n) is 9.95. The van der Waals surface area contributed by atoms with Crippen molar-refractivity contribution in [1.29, 1.82) is 0 Å². The SMILES string of the molecule is CC(C)(C)CCNc1cnc(C(N)=S)cn1. The summed E-state index contributed by atoms with van der Waals surface area (Å²) in [5.41, 5.74) is 6.30. The van der Waals surface area contributed by atoms with Crippen LogP contribution in [0, 0.1) is 5.41 Å². The summed E-state index contributed by atoms with van der Waals surface area (Å²) in [6, 6.07) is 0. The van der Waals surface area contributed by atoms with Crippen molar-refractivity contribution in [3.05, 3.63) is 18.1 Å². The normalized spacial score (nSPS) is 11.2. The Morgan fingerprint density at radius 1 is 1.38 bits per heavy atom. The Morgan fingerprint density at radius 2 is 2.06 bits per heavy atom. The Balaban J connectivity index is 2.47. The van der Waals surface area contributed by atoms with Gasteiger partial charge in [0, 0.05) is 6.54 Å². The van der Waals surface area contributed by atoms with Gasteiger partial charge in [0.05, 0.1) is 12.4 Å². The summed E-state index contributed by atoms with van der Waals surface area (Å²) in [6.07, 6.45) is 4.31. The van der Waals surface area contributed by atoms with Gasteiger partial charge in [0.15, 0.2) is 0 Å². The lowest BCUT2D eigenvalue weighted by Gasteiger charge is -2.18. The van der Waals surface area contributed by atoms with Gasteiger partial charge in [0.2, 0.25) is 0 Å². The highest BCUT2D eigenvalue weighted by molar-refractivity contribution is 7.80. The number of aromatic nitrogens is 2. The maximum atomic E-state index is 5.43. The second-order valence-corrected chi connectivity index (χ2v) is 5.33. The molecule has 1 rings (SSSR count). The summed E-state index contributed by atoms with van der Waals surface area (Å²) < 4.78 is 0. The zero-order chi connectivity index (χ0) is 12.2. The monoisotopic (exact) mass is 238 g/mol. The molecular formula is C11H18N4S. The lowest BCUT2D eigenvalue weighted by molar-refractivity contribution is 0.389. The topological polar surface area (TPSA) is 63.8 Å². The minimum atomic E-state index is 0.272. The van der Waals surface area contributed by atoms with Crippen LogP contribution >= 0.6 is 12.2 Å². The molecule has 88 valence electrons. The quantitative estimate of drug-likeness (QED) is 0.785. The van der Waals surface area contributed by atoms with Gasteiger partial charge in [-0.2, -0.15) is 0 Å². The highest BCUT2D eigenvalue weighted by atomic mass is 32.1. The fourth-order valence-corrected chi connectivity index (χ4v) is 1.22. The van der Waals surface area contributed by atoms with Gasteiger partial charge in [-0.15, -0.1) is 0 Å². The standard InChI is InChI=1S/C11H18N4S/c1-11(2,3)4-5-13-9-7-14-8(6-15-9)10(12)16/h6-7H,4-5H2,1-3H3,(H2,12,16)(H,13,15). The van der Waals surface area contributed by atoms with Gasteiger partial charge in [-0.25, -0.2) is 9.97 Å². The number of nitrogens with two attached hydrogens (primary N) is 1. The van der Waals surface area contributed by atoms with Gasteiger partial charge < -0.3 is 11.1 Å². The molecule has 4 nitrogen and oxygen atoms in total. The van der Waals surface area contributed by atoms with Crippen molar-refractivity contribution < 1.29 is 0 Å². The van der Waals surface area contributed by atoms with Gasteiger partial charge in [0.1, 0.15) is 16.5 Å². The molecule has 3 N–H and O–H groups in total. The minimum absolute atomic E-state index is 0.272. The average molecular weight is 238 g/mol. The molecule has 16 heavy (non-hydrogen) atoms. The first-order valence-corrected chi connectivity index (χ1v) is 5.65. The summed E-state index contributed by atoms with van der Waals surface area (Å²) in [5, 5.41) is 3.21. The van der Waals surface area contributed by atoms with Gasteiger partial charge >= 0.3 is 0 Å². The van der Waals surface area contributed by atoms with E-state index in [2.05, 4.69) is 36.1 Å². The number of anilines is 1. The summed E-state index contributed by atoms with van der Waals surface area (Å²) >= 11 is 4.80. The number of nitrogens with one attached hydrogen (secondary N) is 1. The van der Waals surface area contributed by atoms with E-state index in [-0.39, 0.29) is 4.99 Å². The van der Waals surface area contributed by atoms with Gasteiger partial charge in [-0.1, -0.05) is 33.0 Å². The molecule has 0 fully saturated rings. The van der Waals surface area contributed by atoms with E-state index in [0.29, 0.717) is 11.1 Å². The smallest absolute Gasteiger partial charge is 0.144 e. The first-order valence-electron chi connectivity index (χ1n) is 5.24. The lowest BCUT2D eigenvalue weighted by Crippen LogP contribution is -2.15. The van der Waals surface area contributed by atoms with Crippen molar-refractivity contribution >= 4 is 23.0 Å². The molecule has 0 bridgehead atoms. The van der Waals surface area contributed by atoms with Crippen molar-refractivity contribution in [3.8, 4) is 0 Å².